The number of carbonyl (C=O) groups is 1. The maximum absolute atomic E-state index is 12.1. The van der Waals surface area contributed by atoms with E-state index in [2.05, 4.69) is 4.98 Å². The van der Waals surface area contributed by atoms with Gasteiger partial charge in [-0.05, 0) is 32.9 Å². The van der Waals surface area contributed by atoms with Crippen LogP contribution < -0.4 is 29.6 Å². The Hall–Kier alpha value is -0.670. The minimum atomic E-state index is -4.55. The number of rotatable bonds is 2. The van der Waals surface area contributed by atoms with Gasteiger partial charge in [-0.2, -0.15) is 0 Å². The Morgan fingerprint density at radius 1 is 1.35 bits per heavy atom. The monoisotopic (exact) mass is 350 g/mol. The van der Waals surface area contributed by atoms with E-state index >= 15 is 0 Å². The Bertz CT molecular complexity index is 645. The minimum absolute atomic E-state index is 0. The standard InChI is InChI=1S/C14H20N2O5S.Na/c1-14(2,3)21-13(17)16-8-10(11-6-4-5-7-15-11)12(9-16)22(18,19)20;/h4-7,10,12H,8-9H2,1-3H3,(H,18,19,20);/q;+1/p-1. The van der Waals surface area contributed by atoms with Crippen LogP contribution in [0.3, 0.4) is 0 Å². The summed E-state index contributed by atoms with van der Waals surface area (Å²) < 4.78 is 39.8. The number of hydrogen-bond donors (Lipinski definition) is 0. The fraction of sp³-hybridized carbons (Fsp3) is 0.571. The van der Waals surface area contributed by atoms with Gasteiger partial charge in [0, 0.05) is 30.9 Å². The average molecular weight is 350 g/mol. The fourth-order valence-corrected chi connectivity index (χ4v) is 3.41. The van der Waals surface area contributed by atoms with Crippen molar-refractivity contribution in [3.8, 4) is 0 Å². The fourth-order valence-electron chi connectivity index (χ4n) is 2.42. The van der Waals surface area contributed by atoms with Gasteiger partial charge in [-0.25, -0.2) is 13.2 Å². The molecule has 1 aliphatic heterocycles. The molecule has 2 rings (SSSR count). The van der Waals surface area contributed by atoms with Crippen LogP contribution >= 0.6 is 0 Å². The maximum Gasteiger partial charge on any atom is 1.00 e. The molecule has 0 N–H and O–H groups in total. The molecule has 1 aliphatic rings. The summed E-state index contributed by atoms with van der Waals surface area (Å²) in [7, 11) is -4.55. The molecule has 0 saturated carbocycles. The molecule has 0 spiro atoms. The number of ether oxygens (including phenoxy) is 1. The van der Waals surface area contributed by atoms with E-state index in [0.29, 0.717) is 5.69 Å². The molecule has 23 heavy (non-hydrogen) atoms. The Kier molecular flexibility index (Phi) is 6.63. The number of aromatic nitrogens is 1. The second-order valence-corrected chi connectivity index (χ2v) is 7.87. The average Bonchev–Trinajstić information content (AvgIpc) is 2.82. The van der Waals surface area contributed by atoms with E-state index in [9.17, 15) is 17.8 Å². The predicted molar refractivity (Wildman–Crippen MR) is 78.3 cm³/mol. The van der Waals surface area contributed by atoms with Crippen molar-refractivity contribution in [2.45, 2.75) is 37.5 Å². The summed E-state index contributed by atoms with van der Waals surface area (Å²) in [4.78, 5) is 17.5. The van der Waals surface area contributed by atoms with E-state index in [4.69, 9.17) is 4.74 Å². The number of nitrogens with zero attached hydrogens (tertiary/aromatic N) is 2. The quantitative estimate of drug-likeness (QED) is 0.467. The van der Waals surface area contributed by atoms with Gasteiger partial charge in [0.2, 0.25) is 0 Å². The second-order valence-electron chi connectivity index (χ2n) is 6.28. The molecule has 1 amide bonds. The predicted octanol–water partition coefficient (Wildman–Crippen LogP) is -1.67. The van der Waals surface area contributed by atoms with Crippen LogP contribution in [0.5, 0.6) is 0 Å². The van der Waals surface area contributed by atoms with Crippen molar-refractivity contribution >= 4 is 16.2 Å². The van der Waals surface area contributed by atoms with Gasteiger partial charge >= 0.3 is 35.7 Å². The van der Waals surface area contributed by atoms with Gasteiger partial charge in [-0.1, -0.05) is 6.07 Å². The first-order chi connectivity index (χ1) is 10.1. The largest absolute Gasteiger partial charge is 1.00 e. The smallest absolute Gasteiger partial charge is 0.748 e. The molecule has 1 aromatic rings. The van der Waals surface area contributed by atoms with Crippen LogP contribution in [-0.4, -0.2) is 52.9 Å². The molecule has 2 atom stereocenters. The summed E-state index contributed by atoms with van der Waals surface area (Å²) in [6.45, 7) is 5.08. The molecule has 0 aliphatic carbocycles. The number of carbonyl (C=O) groups excluding carboxylic acids is 1. The van der Waals surface area contributed by atoms with Crippen molar-refractivity contribution in [2.75, 3.05) is 13.1 Å². The van der Waals surface area contributed by atoms with Gasteiger partial charge in [0.25, 0.3) is 0 Å². The first kappa shape index (κ1) is 20.4. The van der Waals surface area contributed by atoms with Gasteiger partial charge in [-0.15, -0.1) is 0 Å². The van der Waals surface area contributed by atoms with Crippen LogP contribution in [0.4, 0.5) is 4.79 Å². The molecule has 122 valence electrons. The molecule has 7 nitrogen and oxygen atoms in total. The summed E-state index contributed by atoms with van der Waals surface area (Å²) in [6.07, 6.45) is 0.902. The molecular formula is C14H19N2NaO5S. The van der Waals surface area contributed by atoms with Crippen molar-refractivity contribution in [1.82, 2.24) is 9.88 Å². The summed E-state index contributed by atoms with van der Waals surface area (Å²) >= 11 is 0. The molecule has 0 aromatic carbocycles. The zero-order chi connectivity index (χ0) is 16.5. The molecule has 0 radical (unpaired) electrons. The zero-order valence-electron chi connectivity index (χ0n) is 13.7. The summed E-state index contributed by atoms with van der Waals surface area (Å²) in [5, 5.41) is -1.21. The van der Waals surface area contributed by atoms with Crippen LogP contribution in [0.2, 0.25) is 0 Å². The Morgan fingerprint density at radius 2 is 2.00 bits per heavy atom. The van der Waals surface area contributed by atoms with Gasteiger partial charge in [0.05, 0.1) is 15.4 Å². The van der Waals surface area contributed by atoms with Crippen molar-refractivity contribution in [3.05, 3.63) is 30.1 Å². The van der Waals surface area contributed by atoms with E-state index in [1.807, 2.05) is 0 Å². The Balaban J connectivity index is 0.00000264. The van der Waals surface area contributed by atoms with Crippen LogP contribution in [-0.2, 0) is 14.9 Å². The number of hydrogen-bond acceptors (Lipinski definition) is 6. The number of likely N-dealkylation sites (tertiary alicyclic amines) is 1. The summed E-state index contributed by atoms with van der Waals surface area (Å²) in [5.74, 6) is -0.642. The zero-order valence-corrected chi connectivity index (χ0v) is 16.5. The molecule has 1 aromatic heterocycles. The van der Waals surface area contributed by atoms with Crippen LogP contribution in [0.15, 0.2) is 24.4 Å². The molecule has 1 fully saturated rings. The van der Waals surface area contributed by atoms with Crippen molar-refractivity contribution < 1.29 is 52.1 Å². The van der Waals surface area contributed by atoms with Gasteiger partial charge in [0.15, 0.2) is 0 Å². The number of amides is 1. The van der Waals surface area contributed by atoms with Gasteiger partial charge < -0.3 is 14.2 Å². The third-order valence-corrected chi connectivity index (χ3v) is 4.58. The normalized spacial score (nSPS) is 21.7. The third kappa shape index (κ3) is 5.42. The molecule has 9 heteroatoms. The Labute approximate surface area is 158 Å². The first-order valence-corrected chi connectivity index (χ1v) is 8.38. The van der Waals surface area contributed by atoms with E-state index in [0.717, 1.165) is 0 Å². The topological polar surface area (TPSA) is 99.6 Å². The van der Waals surface area contributed by atoms with Crippen molar-refractivity contribution in [3.63, 3.8) is 0 Å². The minimum Gasteiger partial charge on any atom is -0.748 e. The van der Waals surface area contributed by atoms with Crippen LogP contribution in [0.25, 0.3) is 0 Å². The summed E-state index contributed by atoms with van der Waals surface area (Å²) in [6, 6.07) is 5.07. The van der Waals surface area contributed by atoms with Crippen LogP contribution in [0, 0.1) is 0 Å². The number of pyridine rings is 1. The molecule has 2 unspecified atom stereocenters. The van der Waals surface area contributed by atoms with E-state index in [-0.39, 0.29) is 42.6 Å². The van der Waals surface area contributed by atoms with E-state index in [1.54, 1.807) is 39.0 Å². The Morgan fingerprint density at radius 3 is 2.48 bits per heavy atom. The molecule has 1 saturated heterocycles. The maximum atomic E-state index is 12.1. The SMILES string of the molecule is CC(C)(C)OC(=O)N1CC(c2ccccn2)C(S(=O)(=O)[O-])C1.[Na+]. The van der Waals surface area contributed by atoms with Gasteiger partial charge in [-0.3, -0.25) is 4.98 Å². The summed E-state index contributed by atoms with van der Waals surface area (Å²) in [5.41, 5.74) is -0.204. The molecular weight excluding hydrogens is 331 g/mol. The first-order valence-electron chi connectivity index (χ1n) is 6.91. The van der Waals surface area contributed by atoms with E-state index in [1.165, 1.54) is 11.1 Å². The van der Waals surface area contributed by atoms with Crippen molar-refractivity contribution in [1.29, 1.82) is 0 Å². The van der Waals surface area contributed by atoms with Crippen molar-refractivity contribution in [2.24, 2.45) is 0 Å². The van der Waals surface area contributed by atoms with Crippen LogP contribution in [0.1, 0.15) is 32.4 Å². The third-order valence-electron chi connectivity index (χ3n) is 3.36. The van der Waals surface area contributed by atoms with Gasteiger partial charge in [0.1, 0.15) is 5.60 Å². The molecule has 2 heterocycles. The molecule has 0 bridgehead atoms. The van der Waals surface area contributed by atoms with E-state index < -0.39 is 33.0 Å². The second kappa shape index (κ2) is 7.48.